The van der Waals surface area contributed by atoms with E-state index in [0.717, 1.165) is 19.6 Å². The summed E-state index contributed by atoms with van der Waals surface area (Å²) < 4.78 is 0. The van der Waals surface area contributed by atoms with Gasteiger partial charge in [0.25, 0.3) is 0 Å². The molecule has 1 aromatic heterocycles. The van der Waals surface area contributed by atoms with E-state index in [2.05, 4.69) is 58.5 Å². The van der Waals surface area contributed by atoms with Crippen LogP contribution in [-0.4, -0.2) is 24.1 Å². The molecule has 0 bridgehead atoms. The smallest absolute Gasteiger partial charge is 0.0366 e. The minimum Gasteiger partial charge on any atom is -0.371 e. The third kappa shape index (κ3) is 3.61. The van der Waals surface area contributed by atoms with Crippen LogP contribution in [0.15, 0.2) is 48.8 Å². The minimum absolute atomic E-state index is 0.623. The van der Waals surface area contributed by atoms with Crippen LogP contribution in [0.5, 0.6) is 0 Å². The quantitative estimate of drug-likeness (QED) is 0.933. The van der Waals surface area contributed by atoms with Crippen LogP contribution in [0, 0.1) is 6.92 Å². The van der Waals surface area contributed by atoms with Crippen LogP contribution < -0.4 is 10.2 Å². The summed E-state index contributed by atoms with van der Waals surface area (Å²) in [6, 6.07) is 13.5. The maximum absolute atomic E-state index is 4.15. The fourth-order valence-electron chi connectivity index (χ4n) is 2.94. The molecule has 0 saturated carbocycles. The molecule has 2 heterocycles. The van der Waals surface area contributed by atoms with Crippen LogP contribution in [-0.2, 0) is 6.54 Å². The Balaban J connectivity index is 1.49. The van der Waals surface area contributed by atoms with Crippen molar-refractivity contribution in [2.24, 2.45) is 0 Å². The molecule has 0 amide bonds. The summed E-state index contributed by atoms with van der Waals surface area (Å²) in [6.07, 6.45) is 6.23. The van der Waals surface area contributed by atoms with Crippen LogP contribution in [0.25, 0.3) is 0 Å². The molecule has 1 fully saturated rings. The Morgan fingerprint density at radius 3 is 2.62 bits per heavy atom. The van der Waals surface area contributed by atoms with E-state index >= 15 is 0 Å². The summed E-state index contributed by atoms with van der Waals surface area (Å²) in [6.45, 7) is 5.35. The Kier molecular flexibility index (Phi) is 4.51. The van der Waals surface area contributed by atoms with Crippen molar-refractivity contribution in [3.8, 4) is 0 Å². The Labute approximate surface area is 127 Å². The SMILES string of the molecule is Cc1cnccc1CNC1CCN(c2ccccc2)CC1. The first-order chi connectivity index (χ1) is 10.3. The first-order valence-electron chi connectivity index (χ1n) is 7.76. The van der Waals surface area contributed by atoms with E-state index in [1.165, 1.54) is 29.7 Å². The largest absolute Gasteiger partial charge is 0.371 e. The number of pyridine rings is 1. The third-order valence-corrected chi connectivity index (χ3v) is 4.33. The third-order valence-electron chi connectivity index (χ3n) is 4.33. The second kappa shape index (κ2) is 6.72. The maximum Gasteiger partial charge on any atom is 0.0366 e. The van der Waals surface area contributed by atoms with Crippen molar-refractivity contribution < 1.29 is 0 Å². The molecule has 2 aromatic rings. The molecule has 21 heavy (non-hydrogen) atoms. The average molecular weight is 281 g/mol. The van der Waals surface area contributed by atoms with E-state index in [1.807, 2.05) is 12.4 Å². The lowest BCUT2D eigenvalue weighted by Crippen LogP contribution is -2.42. The summed E-state index contributed by atoms with van der Waals surface area (Å²) in [5.41, 5.74) is 3.98. The van der Waals surface area contributed by atoms with Crippen molar-refractivity contribution in [2.75, 3.05) is 18.0 Å². The summed E-state index contributed by atoms with van der Waals surface area (Å²) in [5, 5.41) is 3.70. The molecule has 3 rings (SSSR count). The Morgan fingerprint density at radius 1 is 1.14 bits per heavy atom. The van der Waals surface area contributed by atoms with Gasteiger partial charge in [-0.3, -0.25) is 4.98 Å². The number of aromatic nitrogens is 1. The van der Waals surface area contributed by atoms with Crippen LogP contribution in [0.1, 0.15) is 24.0 Å². The molecule has 0 atom stereocenters. The zero-order chi connectivity index (χ0) is 14.5. The van der Waals surface area contributed by atoms with Gasteiger partial charge in [-0.15, -0.1) is 0 Å². The lowest BCUT2D eigenvalue weighted by molar-refractivity contribution is 0.413. The van der Waals surface area contributed by atoms with Gasteiger partial charge in [-0.1, -0.05) is 18.2 Å². The lowest BCUT2D eigenvalue weighted by Gasteiger charge is -2.34. The summed E-state index contributed by atoms with van der Waals surface area (Å²) in [5.74, 6) is 0. The van der Waals surface area contributed by atoms with Crippen molar-refractivity contribution in [1.82, 2.24) is 10.3 Å². The van der Waals surface area contributed by atoms with E-state index in [4.69, 9.17) is 0 Å². The predicted octanol–water partition coefficient (Wildman–Crippen LogP) is 3.15. The van der Waals surface area contributed by atoms with Gasteiger partial charge in [0.1, 0.15) is 0 Å². The fourth-order valence-corrected chi connectivity index (χ4v) is 2.94. The van der Waals surface area contributed by atoms with Gasteiger partial charge in [0.15, 0.2) is 0 Å². The molecular formula is C18H23N3. The predicted molar refractivity (Wildman–Crippen MR) is 87.5 cm³/mol. The van der Waals surface area contributed by atoms with Crippen molar-refractivity contribution in [3.05, 3.63) is 59.9 Å². The summed E-state index contributed by atoms with van der Waals surface area (Å²) in [7, 11) is 0. The zero-order valence-corrected chi connectivity index (χ0v) is 12.6. The molecule has 1 N–H and O–H groups in total. The first kappa shape index (κ1) is 14.1. The van der Waals surface area contributed by atoms with Crippen LogP contribution in [0.4, 0.5) is 5.69 Å². The van der Waals surface area contributed by atoms with Crippen molar-refractivity contribution in [1.29, 1.82) is 0 Å². The highest BCUT2D eigenvalue weighted by molar-refractivity contribution is 5.46. The summed E-state index contributed by atoms with van der Waals surface area (Å²) >= 11 is 0. The van der Waals surface area contributed by atoms with Gasteiger partial charge in [0.2, 0.25) is 0 Å². The average Bonchev–Trinajstić information content (AvgIpc) is 2.55. The normalized spacial score (nSPS) is 16.1. The second-order valence-corrected chi connectivity index (χ2v) is 5.78. The highest BCUT2D eigenvalue weighted by Gasteiger charge is 2.18. The second-order valence-electron chi connectivity index (χ2n) is 5.78. The number of hydrogen-bond donors (Lipinski definition) is 1. The van der Waals surface area contributed by atoms with E-state index in [9.17, 15) is 0 Å². The molecular weight excluding hydrogens is 258 g/mol. The number of hydrogen-bond acceptors (Lipinski definition) is 3. The molecule has 1 saturated heterocycles. The molecule has 0 radical (unpaired) electrons. The van der Waals surface area contributed by atoms with Gasteiger partial charge < -0.3 is 10.2 Å². The highest BCUT2D eigenvalue weighted by Crippen LogP contribution is 2.19. The van der Waals surface area contributed by atoms with Gasteiger partial charge in [0.05, 0.1) is 0 Å². The number of rotatable bonds is 4. The monoisotopic (exact) mass is 281 g/mol. The maximum atomic E-state index is 4.15. The van der Waals surface area contributed by atoms with Gasteiger partial charge in [-0.05, 0) is 49.1 Å². The number of anilines is 1. The Morgan fingerprint density at radius 2 is 1.90 bits per heavy atom. The van der Waals surface area contributed by atoms with E-state index in [-0.39, 0.29) is 0 Å². The van der Waals surface area contributed by atoms with Gasteiger partial charge in [-0.2, -0.15) is 0 Å². The minimum atomic E-state index is 0.623. The molecule has 1 aliphatic heterocycles. The molecule has 3 nitrogen and oxygen atoms in total. The lowest BCUT2D eigenvalue weighted by atomic mass is 10.0. The van der Waals surface area contributed by atoms with E-state index in [0.29, 0.717) is 6.04 Å². The van der Waals surface area contributed by atoms with E-state index < -0.39 is 0 Å². The molecule has 0 spiro atoms. The van der Waals surface area contributed by atoms with Crippen molar-refractivity contribution in [3.63, 3.8) is 0 Å². The first-order valence-corrected chi connectivity index (χ1v) is 7.76. The standard InChI is InChI=1S/C18H23N3/c1-15-13-19-10-7-16(15)14-20-17-8-11-21(12-9-17)18-5-3-2-4-6-18/h2-7,10,13,17,20H,8-9,11-12,14H2,1H3. The van der Waals surface area contributed by atoms with Gasteiger partial charge in [-0.25, -0.2) is 0 Å². The van der Waals surface area contributed by atoms with Crippen LogP contribution >= 0.6 is 0 Å². The summed E-state index contributed by atoms with van der Waals surface area (Å²) in [4.78, 5) is 6.63. The number of benzene rings is 1. The van der Waals surface area contributed by atoms with Crippen molar-refractivity contribution in [2.45, 2.75) is 32.4 Å². The molecule has 1 aliphatic rings. The number of nitrogens with one attached hydrogen (secondary N) is 1. The number of aryl methyl sites for hydroxylation is 1. The Bertz CT molecular complexity index is 560. The zero-order valence-electron chi connectivity index (χ0n) is 12.6. The molecule has 3 heteroatoms. The van der Waals surface area contributed by atoms with Gasteiger partial charge >= 0.3 is 0 Å². The topological polar surface area (TPSA) is 28.2 Å². The fraction of sp³-hybridized carbons (Fsp3) is 0.389. The van der Waals surface area contributed by atoms with Crippen LogP contribution in [0.3, 0.4) is 0 Å². The van der Waals surface area contributed by atoms with E-state index in [1.54, 1.807) is 0 Å². The molecule has 0 aliphatic carbocycles. The number of nitrogens with zero attached hydrogens (tertiary/aromatic N) is 2. The molecule has 110 valence electrons. The van der Waals surface area contributed by atoms with Crippen molar-refractivity contribution >= 4 is 5.69 Å². The van der Waals surface area contributed by atoms with Gasteiger partial charge in [0, 0.05) is 43.8 Å². The highest BCUT2D eigenvalue weighted by atomic mass is 15.1. The molecule has 1 aromatic carbocycles. The molecule has 0 unspecified atom stereocenters. The Hall–Kier alpha value is -1.87. The number of piperidine rings is 1. The van der Waals surface area contributed by atoms with Crippen LogP contribution in [0.2, 0.25) is 0 Å². The number of para-hydroxylation sites is 1.